The molecule has 0 bridgehead atoms. The summed E-state index contributed by atoms with van der Waals surface area (Å²) in [6.07, 6.45) is 0.303. The zero-order valence-electron chi connectivity index (χ0n) is 7.62. The van der Waals surface area contributed by atoms with E-state index in [-0.39, 0.29) is 5.91 Å². The molecule has 1 amide bonds. The number of carbonyl (C=O) groups excluding carboxylic acids is 1. The van der Waals surface area contributed by atoms with Crippen molar-refractivity contribution in [2.45, 2.75) is 17.7 Å². The maximum absolute atomic E-state index is 11.1. The third-order valence-electron chi connectivity index (χ3n) is 1.24. The fraction of sp³-hybridized carbons (Fsp3) is 0.571. The van der Waals surface area contributed by atoms with Crippen LogP contribution < -0.4 is 5.32 Å². The third-order valence-corrected chi connectivity index (χ3v) is 3.29. The molecule has 0 fully saturated rings. The van der Waals surface area contributed by atoms with Crippen LogP contribution in [-0.4, -0.2) is 27.7 Å². The summed E-state index contributed by atoms with van der Waals surface area (Å²) in [5.41, 5.74) is 0. The first-order chi connectivity index (χ1) is 6.76. The average molecular weight is 252 g/mol. The molecule has 1 N–H and O–H groups in total. The Balaban J connectivity index is 2.46. The van der Waals surface area contributed by atoms with Gasteiger partial charge >= 0.3 is 0 Å². The Morgan fingerprint density at radius 1 is 1.64 bits per heavy atom. The van der Waals surface area contributed by atoms with E-state index in [4.69, 9.17) is 11.6 Å². The van der Waals surface area contributed by atoms with Gasteiger partial charge in [0.25, 0.3) is 0 Å². The number of hydrogen-bond donors (Lipinski definition) is 1. The van der Waals surface area contributed by atoms with Crippen molar-refractivity contribution in [1.82, 2.24) is 10.2 Å². The largest absolute Gasteiger partial charge is 0.300 e. The van der Waals surface area contributed by atoms with Gasteiger partial charge in [-0.2, -0.15) is 0 Å². The Morgan fingerprint density at radius 2 is 2.43 bits per heavy atom. The molecule has 4 nitrogen and oxygen atoms in total. The van der Waals surface area contributed by atoms with Crippen molar-refractivity contribution in [2.75, 3.05) is 16.9 Å². The number of rotatable bonds is 5. The highest BCUT2D eigenvalue weighted by Gasteiger charge is 2.06. The second-order valence-electron chi connectivity index (χ2n) is 2.29. The Hall–Kier alpha value is -0.330. The van der Waals surface area contributed by atoms with Crippen LogP contribution in [0.1, 0.15) is 13.3 Å². The van der Waals surface area contributed by atoms with Gasteiger partial charge in [-0.25, -0.2) is 0 Å². The first kappa shape index (κ1) is 11.7. The second kappa shape index (κ2) is 6.21. The minimum Gasteiger partial charge on any atom is -0.300 e. The number of alkyl halides is 1. The maximum atomic E-state index is 11.1. The van der Waals surface area contributed by atoms with Gasteiger partial charge in [-0.05, 0) is 5.75 Å². The first-order valence-electron chi connectivity index (χ1n) is 4.08. The van der Waals surface area contributed by atoms with E-state index >= 15 is 0 Å². The highest BCUT2D eigenvalue weighted by molar-refractivity contribution is 8.01. The number of thioether (sulfide) groups is 1. The zero-order chi connectivity index (χ0) is 10.4. The molecule has 0 spiro atoms. The molecular weight excluding hydrogens is 242 g/mol. The van der Waals surface area contributed by atoms with Crippen molar-refractivity contribution < 1.29 is 4.79 Å². The van der Waals surface area contributed by atoms with E-state index < -0.39 is 0 Å². The van der Waals surface area contributed by atoms with Gasteiger partial charge in [0.2, 0.25) is 11.0 Å². The molecule has 0 saturated carbocycles. The molecule has 7 heteroatoms. The molecule has 14 heavy (non-hydrogen) atoms. The van der Waals surface area contributed by atoms with Gasteiger partial charge in [0.1, 0.15) is 0 Å². The summed E-state index contributed by atoms with van der Waals surface area (Å²) < 4.78 is 0.869. The molecule has 1 aromatic heterocycles. The lowest BCUT2D eigenvalue weighted by Gasteiger charge is -1.95. The Bertz CT molecular complexity index is 305. The highest BCUT2D eigenvalue weighted by Crippen LogP contribution is 2.24. The van der Waals surface area contributed by atoms with E-state index in [2.05, 4.69) is 15.5 Å². The molecular formula is C7H10ClN3OS2. The lowest BCUT2D eigenvalue weighted by atomic mass is 10.5. The summed E-state index contributed by atoms with van der Waals surface area (Å²) in [6, 6.07) is 0. The summed E-state index contributed by atoms with van der Waals surface area (Å²) in [4.78, 5) is 11.1. The Morgan fingerprint density at radius 3 is 3.07 bits per heavy atom. The standard InChI is InChI=1S/C7H10ClN3OS2/c1-2-13-7-11-10-6(14-7)9-5(12)3-4-8/h2-4H2,1H3,(H,9,10,12). The molecule has 0 aliphatic carbocycles. The first-order valence-corrected chi connectivity index (χ1v) is 6.42. The lowest BCUT2D eigenvalue weighted by Crippen LogP contribution is -2.11. The molecule has 0 aliphatic rings. The molecule has 0 atom stereocenters. The number of anilines is 1. The summed E-state index contributed by atoms with van der Waals surface area (Å²) >= 11 is 8.40. The van der Waals surface area contributed by atoms with Crippen LogP contribution in [0.25, 0.3) is 0 Å². The van der Waals surface area contributed by atoms with Crippen LogP contribution in [0.5, 0.6) is 0 Å². The minimum absolute atomic E-state index is 0.121. The van der Waals surface area contributed by atoms with Gasteiger partial charge in [-0.3, -0.25) is 4.79 Å². The van der Waals surface area contributed by atoms with Crippen molar-refractivity contribution in [2.24, 2.45) is 0 Å². The normalized spacial score (nSPS) is 10.1. The van der Waals surface area contributed by atoms with Crippen molar-refractivity contribution in [3.63, 3.8) is 0 Å². The number of hydrogen-bond acceptors (Lipinski definition) is 5. The number of nitrogens with zero attached hydrogens (tertiary/aromatic N) is 2. The summed E-state index contributed by atoms with van der Waals surface area (Å²) in [5.74, 6) is 1.15. The van der Waals surface area contributed by atoms with Crippen LogP contribution in [0.3, 0.4) is 0 Å². The third kappa shape index (κ3) is 3.81. The van der Waals surface area contributed by atoms with Crippen molar-refractivity contribution in [1.29, 1.82) is 0 Å². The Labute approximate surface area is 95.4 Å². The van der Waals surface area contributed by atoms with E-state index in [1.807, 2.05) is 6.92 Å². The van der Waals surface area contributed by atoms with Gasteiger partial charge in [0.05, 0.1) is 0 Å². The van der Waals surface area contributed by atoms with E-state index in [1.54, 1.807) is 11.8 Å². The minimum atomic E-state index is -0.121. The van der Waals surface area contributed by atoms with Crippen LogP contribution in [0.4, 0.5) is 5.13 Å². The quantitative estimate of drug-likeness (QED) is 0.495. The molecule has 0 unspecified atom stereocenters. The van der Waals surface area contributed by atoms with Gasteiger partial charge in [0.15, 0.2) is 4.34 Å². The fourth-order valence-corrected chi connectivity index (χ4v) is 2.55. The summed E-state index contributed by atoms with van der Waals surface area (Å²) in [7, 11) is 0. The number of aromatic nitrogens is 2. The summed E-state index contributed by atoms with van der Waals surface area (Å²) in [6.45, 7) is 2.04. The average Bonchev–Trinajstić information content (AvgIpc) is 2.53. The van der Waals surface area contributed by atoms with Crippen molar-refractivity contribution >= 4 is 45.7 Å². The van der Waals surface area contributed by atoms with Crippen molar-refractivity contribution in [3.8, 4) is 0 Å². The van der Waals surface area contributed by atoms with Gasteiger partial charge in [-0.1, -0.05) is 30.0 Å². The van der Waals surface area contributed by atoms with Crippen LogP contribution >= 0.6 is 34.7 Å². The number of halogens is 1. The summed E-state index contributed by atoms with van der Waals surface area (Å²) in [5, 5.41) is 10.9. The fourth-order valence-electron chi connectivity index (χ4n) is 0.710. The van der Waals surface area contributed by atoms with Gasteiger partial charge < -0.3 is 5.32 Å². The van der Waals surface area contributed by atoms with E-state index in [0.29, 0.717) is 17.4 Å². The molecule has 0 aliphatic heterocycles. The lowest BCUT2D eigenvalue weighted by molar-refractivity contribution is -0.115. The van der Waals surface area contributed by atoms with E-state index in [1.165, 1.54) is 11.3 Å². The molecule has 0 aromatic carbocycles. The second-order valence-corrected chi connectivity index (χ2v) is 5.16. The smallest absolute Gasteiger partial charge is 0.227 e. The van der Waals surface area contributed by atoms with Gasteiger partial charge in [-0.15, -0.1) is 21.8 Å². The highest BCUT2D eigenvalue weighted by atomic mass is 35.5. The van der Waals surface area contributed by atoms with Crippen LogP contribution in [0.2, 0.25) is 0 Å². The van der Waals surface area contributed by atoms with Crippen LogP contribution in [-0.2, 0) is 4.79 Å². The van der Waals surface area contributed by atoms with Gasteiger partial charge in [0, 0.05) is 12.3 Å². The predicted molar refractivity (Wildman–Crippen MR) is 60.3 cm³/mol. The monoisotopic (exact) mass is 251 g/mol. The molecule has 1 heterocycles. The van der Waals surface area contributed by atoms with Crippen molar-refractivity contribution in [3.05, 3.63) is 0 Å². The molecule has 0 saturated heterocycles. The van der Waals surface area contributed by atoms with Crippen LogP contribution in [0.15, 0.2) is 4.34 Å². The van der Waals surface area contributed by atoms with E-state index in [0.717, 1.165) is 10.1 Å². The molecule has 78 valence electrons. The molecule has 1 aromatic rings. The predicted octanol–water partition coefficient (Wildman–Crippen LogP) is 2.22. The molecule has 1 rings (SSSR count). The molecule has 0 radical (unpaired) electrons. The van der Waals surface area contributed by atoms with E-state index in [9.17, 15) is 4.79 Å². The zero-order valence-corrected chi connectivity index (χ0v) is 10.0. The van der Waals surface area contributed by atoms with Crippen LogP contribution in [0, 0.1) is 0 Å². The Kier molecular flexibility index (Phi) is 5.21. The maximum Gasteiger partial charge on any atom is 0.227 e. The topological polar surface area (TPSA) is 54.9 Å². The SMILES string of the molecule is CCSc1nnc(NC(=O)CCCl)s1. The number of amides is 1. The number of carbonyl (C=O) groups is 1. The number of nitrogens with one attached hydrogen (secondary N) is 1.